The van der Waals surface area contributed by atoms with E-state index in [0.29, 0.717) is 21.9 Å². The van der Waals surface area contributed by atoms with E-state index in [0.717, 1.165) is 10.3 Å². The molecule has 0 bridgehead atoms. The first kappa shape index (κ1) is 21.0. The summed E-state index contributed by atoms with van der Waals surface area (Å²) in [6.07, 6.45) is 1.60. The second kappa shape index (κ2) is 8.31. The third kappa shape index (κ3) is 4.63. The van der Waals surface area contributed by atoms with Crippen LogP contribution in [0.4, 0.5) is 0 Å². The van der Waals surface area contributed by atoms with E-state index < -0.39 is 17.4 Å². The van der Waals surface area contributed by atoms with Crippen LogP contribution in [0.1, 0.15) is 29.9 Å². The number of nitrogens with zero attached hydrogens (tertiary/aromatic N) is 1. The quantitative estimate of drug-likeness (QED) is 0.506. The van der Waals surface area contributed by atoms with Gasteiger partial charge in [-0.25, -0.2) is 4.79 Å². The molecule has 1 amide bonds. The fourth-order valence-electron chi connectivity index (χ4n) is 2.68. The molecule has 150 valence electrons. The zero-order valence-corrected chi connectivity index (χ0v) is 17.4. The first-order chi connectivity index (χ1) is 13.7. The standard InChI is InChI=1S/C21H19ClN2O4S/c1-21(2,20(26)27)24-19(25)16-9-17(22)14-5-3-4-6-15(14)18(16)28-11-12-7-8-13(29)10-23-12/h3-10,29H,11H2,1-2H3,(H,24,25)(H,26,27). The van der Waals surface area contributed by atoms with Gasteiger partial charge in [-0.2, -0.15) is 0 Å². The fraction of sp³-hybridized carbons (Fsp3) is 0.190. The number of carbonyl (C=O) groups excluding carboxylic acids is 1. The maximum absolute atomic E-state index is 12.9. The van der Waals surface area contributed by atoms with Crippen LogP contribution in [-0.2, 0) is 11.4 Å². The SMILES string of the molecule is CC(C)(NC(=O)c1cc(Cl)c2ccccc2c1OCc1ccc(S)cn1)C(=O)O. The smallest absolute Gasteiger partial charge is 0.328 e. The third-order valence-electron chi connectivity index (χ3n) is 4.32. The van der Waals surface area contributed by atoms with Gasteiger partial charge in [-0.05, 0) is 32.0 Å². The highest BCUT2D eigenvalue weighted by Gasteiger charge is 2.31. The summed E-state index contributed by atoms with van der Waals surface area (Å²) in [7, 11) is 0. The van der Waals surface area contributed by atoms with Gasteiger partial charge >= 0.3 is 5.97 Å². The largest absolute Gasteiger partial charge is 0.486 e. The summed E-state index contributed by atoms with van der Waals surface area (Å²) in [4.78, 5) is 29.3. The molecule has 6 nitrogen and oxygen atoms in total. The van der Waals surface area contributed by atoms with Crippen LogP contribution in [0.2, 0.25) is 5.02 Å². The number of hydrogen-bond donors (Lipinski definition) is 3. The molecular formula is C21H19ClN2O4S. The van der Waals surface area contributed by atoms with E-state index in [-0.39, 0.29) is 12.2 Å². The zero-order valence-electron chi connectivity index (χ0n) is 15.8. The predicted molar refractivity (Wildman–Crippen MR) is 114 cm³/mol. The van der Waals surface area contributed by atoms with Gasteiger partial charge in [0.2, 0.25) is 0 Å². The van der Waals surface area contributed by atoms with E-state index in [9.17, 15) is 14.7 Å². The van der Waals surface area contributed by atoms with Crippen LogP contribution in [-0.4, -0.2) is 27.5 Å². The number of rotatable bonds is 6. The Kier molecular flexibility index (Phi) is 6.00. The summed E-state index contributed by atoms with van der Waals surface area (Å²) in [5.74, 6) is -1.45. The van der Waals surface area contributed by atoms with Crippen molar-refractivity contribution in [2.24, 2.45) is 0 Å². The van der Waals surface area contributed by atoms with Crippen molar-refractivity contribution in [2.75, 3.05) is 0 Å². The molecule has 1 aromatic heterocycles. The highest BCUT2D eigenvalue weighted by atomic mass is 35.5. The number of fused-ring (bicyclic) bond motifs is 1. The van der Waals surface area contributed by atoms with E-state index in [2.05, 4.69) is 22.9 Å². The lowest BCUT2D eigenvalue weighted by Crippen LogP contribution is -2.49. The summed E-state index contributed by atoms with van der Waals surface area (Å²) < 4.78 is 5.97. The molecule has 0 aliphatic carbocycles. The summed E-state index contributed by atoms with van der Waals surface area (Å²) >= 11 is 10.6. The molecule has 8 heteroatoms. The van der Waals surface area contributed by atoms with Gasteiger partial charge in [0.25, 0.3) is 5.91 Å². The molecule has 29 heavy (non-hydrogen) atoms. The lowest BCUT2D eigenvalue weighted by molar-refractivity contribution is -0.143. The Morgan fingerprint density at radius 3 is 2.52 bits per heavy atom. The van der Waals surface area contributed by atoms with Gasteiger partial charge in [0, 0.05) is 26.9 Å². The van der Waals surface area contributed by atoms with E-state index >= 15 is 0 Å². The Balaban J connectivity index is 2.03. The molecule has 0 atom stereocenters. The molecule has 0 fully saturated rings. The van der Waals surface area contributed by atoms with E-state index in [1.54, 1.807) is 24.4 Å². The fourth-order valence-corrected chi connectivity index (χ4v) is 3.09. The molecule has 0 saturated heterocycles. The average molecular weight is 431 g/mol. The predicted octanol–water partition coefficient (Wildman–Crippen LogP) is 4.35. The van der Waals surface area contributed by atoms with Gasteiger partial charge in [0.05, 0.1) is 11.3 Å². The number of ether oxygens (including phenoxy) is 1. The second-order valence-corrected chi connectivity index (χ2v) is 7.88. The Bertz CT molecular complexity index is 1080. The van der Waals surface area contributed by atoms with Crippen molar-refractivity contribution in [3.63, 3.8) is 0 Å². The lowest BCUT2D eigenvalue weighted by Gasteiger charge is -2.22. The number of carboxylic acid groups (broad SMARTS) is 1. The van der Waals surface area contributed by atoms with Crippen LogP contribution in [0.5, 0.6) is 5.75 Å². The van der Waals surface area contributed by atoms with Crippen molar-refractivity contribution in [3.8, 4) is 5.75 Å². The van der Waals surface area contributed by atoms with Gasteiger partial charge in [0.15, 0.2) is 0 Å². The monoisotopic (exact) mass is 430 g/mol. The van der Waals surface area contributed by atoms with Gasteiger partial charge < -0.3 is 15.2 Å². The number of benzene rings is 2. The Morgan fingerprint density at radius 2 is 1.90 bits per heavy atom. The van der Waals surface area contributed by atoms with Crippen molar-refractivity contribution in [2.45, 2.75) is 30.9 Å². The summed E-state index contributed by atoms with van der Waals surface area (Å²) in [6, 6.07) is 12.3. The van der Waals surface area contributed by atoms with Crippen LogP contribution >= 0.6 is 24.2 Å². The molecule has 0 unspecified atom stereocenters. The molecule has 0 spiro atoms. The highest BCUT2D eigenvalue weighted by molar-refractivity contribution is 7.80. The van der Waals surface area contributed by atoms with Crippen molar-refractivity contribution < 1.29 is 19.4 Å². The third-order valence-corrected chi connectivity index (χ3v) is 4.90. The number of thiol groups is 1. The van der Waals surface area contributed by atoms with Crippen LogP contribution in [0.15, 0.2) is 53.6 Å². The van der Waals surface area contributed by atoms with Crippen molar-refractivity contribution >= 4 is 46.9 Å². The summed E-state index contributed by atoms with van der Waals surface area (Å²) in [6.45, 7) is 2.92. The number of nitrogens with one attached hydrogen (secondary N) is 1. The van der Waals surface area contributed by atoms with Crippen molar-refractivity contribution in [1.82, 2.24) is 10.3 Å². The zero-order chi connectivity index (χ0) is 21.2. The maximum atomic E-state index is 12.9. The number of carboxylic acids is 1. The van der Waals surface area contributed by atoms with Crippen molar-refractivity contribution in [1.29, 1.82) is 0 Å². The first-order valence-corrected chi connectivity index (χ1v) is 9.55. The van der Waals surface area contributed by atoms with Crippen molar-refractivity contribution in [3.05, 3.63) is 64.9 Å². The normalized spacial score (nSPS) is 11.3. The molecular weight excluding hydrogens is 412 g/mol. The lowest BCUT2D eigenvalue weighted by atomic mass is 10.0. The molecule has 0 saturated carbocycles. The minimum atomic E-state index is -1.46. The maximum Gasteiger partial charge on any atom is 0.328 e. The van der Waals surface area contributed by atoms with Gasteiger partial charge in [0.1, 0.15) is 17.9 Å². The number of carbonyl (C=O) groups is 2. The van der Waals surface area contributed by atoms with Gasteiger partial charge in [-0.3, -0.25) is 9.78 Å². The summed E-state index contributed by atoms with van der Waals surface area (Å²) in [5, 5.41) is 13.6. The number of hydrogen-bond acceptors (Lipinski definition) is 5. The Labute approximate surface area is 178 Å². The molecule has 0 radical (unpaired) electrons. The Hall–Kier alpha value is -2.77. The molecule has 3 aromatic rings. The van der Waals surface area contributed by atoms with E-state index in [1.165, 1.54) is 19.9 Å². The molecule has 1 heterocycles. The Morgan fingerprint density at radius 1 is 1.21 bits per heavy atom. The summed E-state index contributed by atoms with van der Waals surface area (Å²) in [5.41, 5.74) is -0.663. The molecule has 3 rings (SSSR count). The first-order valence-electron chi connectivity index (χ1n) is 8.73. The molecule has 0 aliphatic heterocycles. The second-order valence-electron chi connectivity index (χ2n) is 6.96. The molecule has 2 N–H and O–H groups in total. The minimum Gasteiger partial charge on any atom is -0.486 e. The van der Waals surface area contributed by atoms with Gasteiger partial charge in [-0.15, -0.1) is 12.6 Å². The number of halogens is 1. The van der Waals surface area contributed by atoms with Crippen LogP contribution in [0.3, 0.4) is 0 Å². The van der Waals surface area contributed by atoms with Crippen LogP contribution in [0.25, 0.3) is 10.8 Å². The molecule has 0 aliphatic rings. The number of aromatic nitrogens is 1. The van der Waals surface area contributed by atoms with E-state index in [4.69, 9.17) is 16.3 Å². The van der Waals surface area contributed by atoms with Crippen LogP contribution < -0.4 is 10.1 Å². The minimum absolute atomic E-state index is 0.113. The number of pyridine rings is 1. The average Bonchev–Trinajstić information content (AvgIpc) is 2.68. The van der Waals surface area contributed by atoms with Gasteiger partial charge in [-0.1, -0.05) is 35.9 Å². The number of aliphatic carboxylic acids is 1. The molecule has 2 aromatic carbocycles. The van der Waals surface area contributed by atoms with Crippen LogP contribution in [0, 0.1) is 0 Å². The topological polar surface area (TPSA) is 88.5 Å². The number of amides is 1. The van der Waals surface area contributed by atoms with E-state index in [1.807, 2.05) is 18.2 Å². The highest BCUT2D eigenvalue weighted by Crippen LogP contribution is 2.36.